The monoisotopic (exact) mass is 285 g/mol. The van der Waals surface area contributed by atoms with Crippen LogP contribution in [0.4, 0.5) is 0 Å². The fourth-order valence-electron chi connectivity index (χ4n) is 2.00. The van der Waals surface area contributed by atoms with Gasteiger partial charge in [0.1, 0.15) is 0 Å². The van der Waals surface area contributed by atoms with Crippen LogP contribution in [0, 0.1) is 6.92 Å². The van der Waals surface area contributed by atoms with E-state index < -0.39 is 0 Å². The molecular weight excluding hydrogens is 273 g/mol. The summed E-state index contributed by atoms with van der Waals surface area (Å²) in [5.41, 5.74) is 5.41. The number of pyridine rings is 1. The molecule has 0 bridgehead atoms. The molecule has 3 rings (SSSR count). The van der Waals surface area contributed by atoms with E-state index in [0.29, 0.717) is 0 Å². The van der Waals surface area contributed by atoms with E-state index in [1.54, 1.807) is 0 Å². The summed E-state index contributed by atoms with van der Waals surface area (Å²) in [4.78, 5) is 12.1. The third-order valence-corrected chi connectivity index (χ3v) is 3.46. The fourth-order valence-corrected chi connectivity index (χ4v) is 2.56. The Labute approximate surface area is 108 Å². The van der Waals surface area contributed by atoms with Crippen LogP contribution in [0.15, 0.2) is 36.5 Å². The molecule has 0 saturated carbocycles. The molecule has 0 radical (unpaired) electrons. The van der Waals surface area contributed by atoms with Gasteiger partial charge in [-0.15, -0.1) is 0 Å². The van der Waals surface area contributed by atoms with Gasteiger partial charge in [-0.3, -0.25) is 0 Å². The molecule has 0 aliphatic carbocycles. The maximum absolute atomic E-state index is 4.41. The number of H-pyrrole nitrogens is 1. The van der Waals surface area contributed by atoms with Crippen molar-refractivity contribution in [1.29, 1.82) is 0 Å². The van der Waals surface area contributed by atoms with E-state index in [9.17, 15) is 0 Å². The van der Waals surface area contributed by atoms with Crippen molar-refractivity contribution in [2.24, 2.45) is 0 Å². The SMILES string of the molecule is Cc1c(-c2ccccc2)cnc2nc([AsH2])[nH]c12. The minimum atomic E-state index is 0.807. The number of benzene rings is 1. The van der Waals surface area contributed by atoms with Crippen molar-refractivity contribution < 1.29 is 0 Å². The Morgan fingerprint density at radius 1 is 1.18 bits per heavy atom. The Bertz CT molecular complexity index is 674. The molecule has 84 valence electrons. The van der Waals surface area contributed by atoms with Crippen molar-refractivity contribution >= 4 is 32.6 Å². The van der Waals surface area contributed by atoms with Crippen molar-refractivity contribution in [2.45, 2.75) is 6.92 Å². The first kappa shape index (κ1) is 10.5. The van der Waals surface area contributed by atoms with Crippen LogP contribution < -0.4 is 4.61 Å². The molecule has 3 nitrogen and oxygen atoms in total. The second kappa shape index (κ2) is 4.01. The van der Waals surface area contributed by atoms with Crippen molar-refractivity contribution in [3.8, 4) is 11.1 Å². The normalized spacial score (nSPS) is 10.9. The second-order valence-corrected chi connectivity index (χ2v) is 5.13. The van der Waals surface area contributed by atoms with Crippen LogP contribution in [0.1, 0.15) is 5.56 Å². The molecule has 1 unspecified atom stereocenters. The summed E-state index contributed by atoms with van der Waals surface area (Å²) >= 11 is 1.49. The van der Waals surface area contributed by atoms with Gasteiger partial charge in [0, 0.05) is 0 Å². The van der Waals surface area contributed by atoms with E-state index in [0.717, 1.165) is 21.3 Å². The zero-order valence-corrected chi connectivity index (χ0v) is 11.9. The summed E-state index contributed by atoms with van der Waals surface area (Å²) in [5.74, 6) is 0. The van der Waals surface area contributed by atoms with E-state index in [1.165, 1.54) is 28.0 Å². The van der Waals surface area contributed by atoms with Crippen molar-refractivity contribution in [3.63, 3.8) is 0 Å². The number of imidazole rings is 1. The van der Waals surface area contributed by atoms with E-state index in [1.807, 2.05) is 24.4 Å². The molecule has 1 aromatic carbocycles. The Kier molecular flexibility index (Phi) is 2.49. The molecule has 1 N–H and O–H groups in total. The molecule has 1 atom stereocenters. The quantitative estimate of drug-likeness (QED) is 0.682. The first-order valence-electron chi connectivity index (χ1n) is 5.42. The molecule has 2 heterocycles. The molecular formula is C13H12AsN3. The number of nitrogens with one attached hydrogen (secondary N) is 1. The number of nitrogens with zero attached hydrogens (tertiary/aromatic N) is 2. The molecule has 17 heavy (non-hydrogen) atoms. The average Bonchev–Trinajstić information content (AvgIpc) is 2.72. The van der Waals surface area contributed by atoms with Gasteiger partial charge in [0.15, 0.2) is 0 Å². The van der Waals surface area contributed by atoms with Crippen LogP contribution in [0.2, 0.25) is 0 Å². The Morgan fingerprint density at radius 3 is 2.71 bits per heavy atom. The Balaban J connectivity index is 2.28. The third-order valence-electron chi connectivity index (χ3n) is 2.88. The van der Waals surface area contributed by atoms with E-state index in [-0.39, 0.29) is 0 Å². The summed E-state index contributed by atoms with van der Waals surface area (Å²) in [6, 6.07) is 10.3. The van der Waals surface area contributed by atoms with Gasteiger partial charge in [-0.25, -0.2) is 0 Å². The van der Waals surface area contributed by atoms with Gasteiger partial charge in [-0.2, -0.15) is 0 Å². The summed E-state index contributed by atoms with van der Waals surface area (Å²) in [5, 5.41) is 0. The maximum atomic E-state index is 4.41. The van der Waals surface area contributed by atoms with Crippen molar-refractivity contribution in [2.75, 3.05) is 0 Å². The number of aromatic nitrogens is 3. The Morgan fingerprint density at radius 2 is 1.94 bits per heavy atom. The van der Waals surface area contributed by atoms with E-state index in [4.69, 9.17) is 0 Å². The van der Waals surface area contributed by atoms with E-state index in [2.05, 4.69) is 34.0 Å². The van der Waals surface area contributed by atoms with Crippen LogP contribution >= 0.6 is 0 Å². The number of fused-ring (bicyclic) bond motifs is 1. The molecule has 4 heteroatoms. The number of aryl methyl sites for hydroxylation is 1. The molecule has 0 aliphatic heterocycles. The summed E-state index contributed by atoms with van der Waals surface area (Å²) in [6.45, 7) is 2.11. The van der Waals surface area contributed by atoms with Gasteiger partial charge in [-0.1, -0.05) is 0 Å². The molecule has 2 aromatic heterocycles. The molecule has 3 aromatic rings. The predicted molar refractivity (Wildman–Crippen MR) is 72.2 cm³/mol. The van der Waals surface area contributed by atoms with Crippen LogP contribution in [0.25, 0.3) is 22.3 Å². The van der Waals surface area contributed by atoms with Gasteiger partial charge in [0.2, 0.25) is 0 Å². The molecule has 0 fully saturated rings. The van der Waals surface area contributed by atoms with Crippen LogP contribution in [0.5, 0.6) is 0 Å². The second-order valence-electron chi connectivity index (χ2n) is 3.98. The number of hydrogen-bond donors (Lipinski definition) is 1. The minimum absolute atomic E-state index is 0.807. The van der Waals surface area contributed by atoms with E-state index >= 15 is 0 Å². The number of aromatic amines is 1. The Hall–Kier alpha value is -1.60. The molecule has 0 aliphatic rings. The third kappa shape index (κ3) is 1.77. The molecule has 0 saturated heterocycles. The topological polar surface area (TPSA) is 41.6 Å². The number of hydrogen-bond acceptors (Lipinski definition) is 2. The van der Waals surface area contributed by atoms with Crippen molar-refractivity contribution in [1.82, 2.24) is 15.0 Å². The van der Waals surface area contributed by atoms with Gasteiger partial charge in [0.25, 0.3) is 0 Å². The fraction of sp³-hybridized carbons (Fsp3) is 0.0769. The number of rotatable bonds is 1. The first-order chi connectivity index (χ1) is 8.25. The summed E-state index contributed by atoms with van der Waals surface area (Å²) in [6.07, 6.45) is 1.90. The predicted octanol–water partition coefficient (Wildman–Crippen LogP) is 1.19. The standard InChI is InChI=1S/C13H12AsN3/c1-8-10(9-5-3-2-4-6-9)7-15-12-11(8)16-13(14)17-12/h2-7H,14H2,1H3,(H,15,16,17). The van der Waals surface area contributed by atoms with Crippen LogP contribution in [-0.2, 0) is 0 Å². The molecule has 0 spiro atoms. The van der Waals surface area contributed by atoms with Gasteiger partial charge in [0.05, 0.1) is 0 Å². The van der Waals surface area contributed by atoms with Gasteiger partial charge < -0.3 is 0 Å². The summed E-state index contributed by atoms with van der Waals surface area (Å²) in [7, 11) is 0. The van der Waals surface area contributed by atoms with Crippen molar-refractivity contribution in [3.05, 3.63) is 42.1 Å². The average molecular weight is 285 g/mol. The zero-order chi connectivity index (χ0) is 11.8. The zero-order valence-electron chi connectivity index (χ0n) is 9.44. The summed E-state index contributed by atoms with van der Waals surface area (Å²) < 4.78 is 0.966. The van der Waals surface area contributed by atoms with Gasteiger partial charge >= 0.3 is 108 Å². The van der Waals surface area contributed by atoms with Gasteiger partial charge in [-0.05, 0) is 0 Å². The first-order valence-corrected chi connectivity index (χ1v) is 6.63. The molecule has 0 amide bonds. The van der Waals surface area contributed by atoms with Crippen LogP contribution in [-0.4, -0.2) is 31.8 Å². The van der Waals surface area contributed by atoms with Crippen LogP contribution in [0.3, 0.4) is 0 Å².